The molecule has 2 nitrogen and oxygen atoms in total. The molecule has 0 amide bonds. The lowest BCUT2D eigenvalue weighted by Gasteiger charge is -2.18. The van der Waals surface area contributed by atoms with Gasteiger partial charge in [0.1, 0.15) is 0 Å². The second-order valence-corrected chi connectivity index (χ2v) is 4.53. The number of hydrogen-bond acceptors (Lipinski definition) is 2. The second kappa shape index (κ2) is 5.80. The van der Waals surface area contributed by atoms with Crippen LogP contribution in [0.2, 0.25) is 0 Å². The molecular formula is C14H20N2. The molecule has 1 N–H and O–H groups in total. The standard InChI is InChI=1S/C14H20N2/c1-12-14(8-5-9-16-12)11-15-10-13-6-3-2-4-7-13/h2-3,5,8-9,13,15H,4,6-7,10-11H2,1H3. The largest absolute Gasteiger partial charge is 0.312 e. The molecule has 1 aliphatic carbocycles. The van der Waals surface area contributed by atoms with Crippen LogP contribution in [0.15, 0.2) is 30.5 Å². The zero-order valence-corrected chi connectivity index (χ0v) is 9.95. The van der Waals surface area contributed by atoms with E-state index in [1.165, 1.54) is 24.8 Å². The van der Waals surface area contributed by atoms with Gasteiger partial charge in [-0.2, -0.15) is 0 Å². The minimum atomic E-state index is 0.821. The van der Waals surface area contributed by atoms with Gasteiger partial charge in [0.2, 0.25) is 0 Å². The van der Waals surface area contributed by atoms with Gasteiger partial charge in [-0.25, -0.2) is 0 Å². The van der Waals surface area contributed by atoms with Crippen molar-refractivity contribution in [2.45, 2.75) is 32.7 Å². The first-order chi connectivity index (χ1) is 7.86. The SMILES string of the molecule is Cc1ncccc1CNCC1CC=CCC1. The summed E-state index contributed by atoms with van der Waals surface area (Å²) in [5.74, 6) is 0.821. The first-order valence-corrected chi connectivity index (χ1v) is 6.12. The summed E-state index contributed by atoms with van der Waals surface area (Å²) in [5, 5.41) is 3.54. The third-order valence-electron chi connectivity index (χ3n) is 3.24. The van der Waals surface area contributed by atoms with Gasteiger partial charge in [0.15, 0.2) is 0 Å². The molecule has 0 aliphatic heterocycles. The Bertz CT molecular complexity index is 358. The maximum atomic E-state index is 4.29. The number of nitrogens with one attached hydrogen (secondary N) is 1. The molecule has 1 aromatic heterocycles. The minimum Gasteiger partial charge on any atom is -0.312 e. The molecule has 0 aromatic carbocycles. The fraction of sp³-hybridized carbons (Fsp3) is 0.500. The Kier molecular flexibility index (Phi) is 4.11. The summed E-state index contributed by atoms with van der Waals surface area (Å²) in [5.41, 5.74) is 2.45. The highest BCUT2D eigenvalue weighted by molar-refractivity contribution is 5.17. The van der Waals surface area contributed by atoms with Gasteiger partial charge in [-0.3, -0.25) is 4.98 Å². The Balaban J connectivity index is 1.75. The first kappa shape index (κ1) is 11.3. The molecule has 1 aliphatic rings. The molecule has 1 aromatic rings. The molecule has 1 unspecified atom stereocenters. The Hall–Kier alpha value is -1.15. The van der Waals surface area contributed by atoms with Crippen LogP contribution in [-0.2, 0) is 6.54 Å². The average Bonchev–Trinajstić information content (AvgIpc) is 2.33. The third-order valence-corrected chi connectivity index (χ3v) is 3.24. The van der Waals surface area contributed by atoms with Crippen LogP contribution in [0.4, 0.5) is 0 Å². The van der Waals surface area contributed by atoms with Gasteiger partial charge in [0, 0.05) is 18.4 Å². The van der Waals surface area contributed by atoms with Crippen molar-refractivity contribution in [2.24, 2.45) is 5.92 Å². The van der Waals surface area contributed by atoms with Crippen molar-refractivity contribution >= 4 is 0 Å². The van der Waals surface area contributed by atoms with Gasteiger partial charge in [-0.1, -0.05) is 18.2 Å². The normalized spacial score (nSPS) is 19.9. The van der Waals surface area contributed by atoms with E-state index in [1.807, 2.05) is 12.3 Å². The summed E-state index contributed by atoms with van der Waals surface area (Å²) in [4.78, 5) is 4.29. The Morgan fingerprint density at radius 1 is 1.44 bits per heavy atom. The lowest BCUT2D eigenvalue weighted by atomic mass is 9.94. The second-order valence-electron chi connectivity index (χ2n) is 4.53. The van der Waals surface area contributed by atoms with Crippen molar-refractivity contribution in [3.63, 3.8) is 0 Å². The summed E-state index contributed by atoms with van der Waals surface area (Å²) < 4.78 is 0. The molecule has 0 bridgehead atoms. The Morgan fingerprint density at radius 3 is 3.12 bits per heavy atom. The van der Waals surface area contributed by atoms with Gasteiger partial charge in [0.05, 0.1) is 0 Å². The summed E-state index contributed by atoms with van der Waals surface area (Å²) in [6.45, 7) is 4.14. The first-order valence-electron chi connectivity index (χ1n) is 6.12. The number of aryl methyl sites for hydroxylation is 1. The molecule has 0 saturated carbocycles. The lowest BCUT2D eigenvalue weighted by molar-refractivity contribution is 0.440. The van der Waals surface area contributed by atoms with E-state index < -0.39 is 0 Å². The fourth-order valence-electron chi connectivity index (χ4n) is 2.16. The summed E-state index contributed by atoms with van der Waals surface area (Å²) >= 11 is 0. The van der Waals surface area contributed by atoms with E-state index in [2.05, 4.69) is 35.4 Å². The lowest BCUT2D eigenvalue weighted by Crippen LogP contribution is -2.23. The molecule has 0 radical (unpaired) electrons. The molecule has 86 valence electrons. The number of aromatic nitrogens is 1. The summed E-state index contributed by atoms with van der Waals surface area (Å²) in [6.07, 6.45) is 10.3. The van der Waals surface area contributed by atoms with Crippen molar-refractivity contribution in [2.75, 3.05) is 6.54 Å². The molecule has 2 rings (SSSR count). The van der Waals surface area contributed by atoms with Gasteiger partial charge in [-0.15, -0.1) is 0 Å². The van der Waals surface area contributed by atoms with E-state index >= 15 is 0 Å². The topological polar surface area (TPSA) is 24.9 Å². The van der Waals surface area contributed by atoms with E-state index in [0.29, 0.717) is 0 Å². The molecule has 0 spiro atoms. The maximum Gasteiger partial charge on any atom is 0.0417 e. The summed E-state index contributed by atoms with van der Waals surface area (Å²) in [6, 6.07) is 4.16. The van der Waals surface area contributed by atoms with E-state index in [1.54, 1.807) is 0 Å². The molecule has 0 fully saturated rings. The zero-order chi connectivity index (χ0) is 11.2. The van der Waals surface area contributed by atoms with Crippen LogP contribution in [0.3, 0.4) is 0 Å². The molecule has 0 saturated heterocycles. The number of hydrogen-bond donors (Lipinski definition) is 1. The van der Waals surface area contributed by atoms with Crippen molar-refractivity contribution < 1.29 is 0 Å². The van der Waals surface area contributed by atoms with Crippen LogP contribution in [-0.4, -0.2) is 11.5 Å². The van der Waals surface area contributed by atoms with E-state index in [-0.39, 0.29) is 0 Å². The maximum absolute atomic E-state index is 4.29. The number of rotatable bonds is 4. The molecule has 1 atom stereocenters. The Morgan fingerprint density at radius 2 is 2.38 bits per heavy atom. The van der Waals surface area contributed by atoms with Gasteiger partial charge < -0.3 is 5.32 Å². The van der Waals surface area contributed by atoms with Gasteiger partial charge in [0.25, 0.3) is 0 Å². The van der Waals surface area contributed by atoms with E-state index in [9.17, 15) is 0 Å². The van der Waals surface area contributed by atoms with Crippen LogP contribution in [0.5, 0.6) is 0 Å². The van der Waals surface area contributed by atoms with Crippen LogP contribution in [0.1, 0.15) is 30.5 Å². The van der Waals surface area contributed by atoms with E-state index in [0.717, 1.165) is 24.7 Å². The average molecular weight is 216 g/mol. The van der Waals surface area contributed by atoms with Crippen molar-refractivity contribution in [1.29, 1.82) is 0 Å². The predicted octanol–water partition coefficient (Wildman–Crippen LogP) is 2.84. The Labute approximate surface area is 97.8 Å². The quantitative estimate of drug-likeness (QED) is 0.783. The van der Waals surface area contributed by atoms with E-state index in [4.69, 9.17) is 0 Å². The predicted molar refractivity (Wildman–Crippen MR) is 67.2 cm³/mol. The highest BCUT2D eigenvalue weighted by Crippen LogP contribution is 2.17. The van der Waals surface area contributed by atoms with Crippen molar-refractivity contribution in [1.82, 2.24) is 10.3 Å². The monoisotopic (exact) mass is 216 g/mol. The highest BCUT2D eigenvalue weighted by Gasteiger charge is 2.09. The van der Waals surface area contributed by atoms with Crippen LogP contribution in [0, 0.1) is 12.8 Å². The van der Waals surface area contributed by atoms with Crippen LogP contribution in [0.25, 0.3) is 0 Å². The highest BCUT2D eigenvalue weighted by atomic mass is 14.9. The molecule has 1 heterocycles. The zero-order valence-electron chi connectivity index (χ0n) is 9.95. The fourth-order valence-corrected chi connectivity index (χ4v) is 2.16. The molecular weight excluding hydrogens is 196 g/mol. The molecule has 2 heteroatoms. The third kappa shape index (κ3) is 3.17. The van der Waals surface area contributed by atoms with Crippen molar-refractivity contribution in [3.8, 4) is 0 Å². The van der Waals surface area contributed by atoms with Gasteiger partial charge in [-0.05, 0) is 50.3 Å². The van der Waals surface area contributed by atoms with Crippen molar-refractivity contribution in [3.05, 3.63) is 41.7 Å². The number of allylic oxidation sites excluding steroid dienone is 2. The smallest absolute Gasteiger partial charge is 0.0417 e. The summed E-state index contributed by atoms with van der Waals surface area (Å²) in [7, 11) is 0. The molecule has 16 heavy (non-hydrogen) atoms. The number of pyridine rings is 1. The number of nitrogens with zero attached hydrogens (tertiary/aromatic N) is 1. The van der Waals surface area contributed by atoms with Gasteiger partial charge >= 0.3 is 0 Å². The van der Waals surface area contributed by atoms with Crippen LogP contribution >= 0.6 is 0 Å². The minimum absolute atomic E-state index is 0.821. The van der Waals surface area contributed by atoms with Crippen LogP contribution < -0.4 is 5.32 Å².